The largest absolute Gasteiger partial charge is 1.00 e. The number of hydrogen-bond acceptors (Lipinski definition) is 0. The molecule has 1 atom stereocenters. The summed E-state index contributed by atoms with van der Waals surface area (Å²) in [5.41, 5.74) is 0.953. The minimum absolute atomic E-state index is 0. The van der Waals surface area contributed by atoms with Crippen molar-refractivity contribution in [2.45, 2.75) is 44.2 Å². The summed E-state index contributed by atoms with van der Waals surface area (Å²) in [6.45, 7) is 0. The Balaban J connectivity index is -0.000000169. The summed E-state index contributed by atoms with van der Waals surface area (Å²) < 4.78 is 0. The molecule has 16 heavy (non-hydrogen) atoms. The molecule has 0 N–H and O–H groups in total. The molecule has 1 saturated carbocycles. The van der Waals surface area contributed by atoms with Crippen molar-refractivity contribution < 1.29 is 44.8 Å². The Morgan fingerprint density at radius 2 is 1.69 bits per heavy atom. The minimum Gasteiger partial charge on any atom is -1.00 e. The van der Waals surface area contributed by atoms with Gasteiger partial charge in [0, 0.05) is 0 Å². The van der Waals surface area contributed by atoms with E-state index in [-0.39, 0.29) is 24.8 Å². The molecule has 0 spiro atoms. The fourth-order valence-electron chi connectivity index (χ4n) is 1.47. The maximum atomic E-state index is 3.25. The number of rotatable bonds is 0. The van der Waals surface area contributed by atoms with Crippen molar-refractivity contribution in [1.82, 2.24) is 0 Å². The van der Waals surface area contributed by atoms with Crippen molar-refractivity contribution >= 4 is 14.1 Å². The number of allylic oxidation sites excluding steroid dienone is 4. The molecule has 0 aromatic heterocycles. The van der Waals surface area contributed by atoms with Gasteiger partial charge >= 0.3 is 24.8 Å². The van der Waals surface area contributed by atoms with Crippen LogP contribution in [0.4, 0.5) is 0 Å². The molecular formula is C12H20Cl2PTi-. The van der Waals surface area contributed by atoms with E-state index in [1.165, 1.54) is 32.1 Å². The summed E-state index contributed by atoms with van der Waals surface area (Å²) in [7, 11) is 2.91. The van der Waals surface area contributed by atoms with Crippen molar-refractivity contribution in [3.8, 4) is 0 Å². The van der Waals surface area contributed by atoms with E-state index >= 15 is 0 Å². The predicted molar refractivity (Wildman–Crippen MR) is 65.3 cm³/mol. The second-order valence-corrected chi connectivity index (χ2v) is 4.34. The summed E-state index contributed by atoms with van der Waals surface area (Å²) in [6.07, 6.45) is 17.3. The van der Waals surface area contributed by atoms with Gasteiger partial charge in [0.05, 0.1) is 0 Å². The van der Waals surface area contributed by atoms with Gasteiger partial charge in [-0.05, 0) is 18.5 Å². The van der Waals surface area contributed by atoms with Gasteiger partial charge in [0.1, 0.15) is 0 Å². The van der Waals surface area contributed by atoms with Crippen LogP contribution >= 0.6 is 9.24 Å². The van der Waals surface area contributed by atoms with Crippen molar-refractivity contribution in [3.05, 3.63) is 24.3 Å². The van der Waals surface area contributed by atoms with Gasteiger partial charge in [-0.2, -0.15) is 6.08 Å². The zero-order valence-corrected chi connectivity index (χ0v) is 13.8. The molecule has 1 unspecified atom stereocenters. The average molecular weight is 314 g/mol. The van der Waals surface area contributed by atoms with Gasteiger partial charge in [0.2, 0.25) is 0 Å². The molecule has 2 aliphatic carbocycles. The smallest absolute Gasteiger partial charge is 1.00 e. The van der Waals surface area contributed by atoms with Gasteiger partial charge in [-0.15, -0.1) is 15.7 Å². The Kier molecular flexibility index (Phi) is 25.7. The maximum absolute atomic E-state index is 3.25. The van der Waals surface area contributed by atoms with Crippen LogP contribution in [-0.2, 0) is 20.0 Å². The van der Waals surface area contributed by atoms with Crippen LogP contribution in [0.1, 0.15) is 38.5 Å². The quantitative estimate of drug-likeness (QED) is 0.263. The Morgan fingerprint density at radius 3 is 1.88 bits per heavy atom. The molecule has 1 fully saturated rings. The van der Waals surface area contributed by atoms with Gasteiger partial charge in [-0.1, -0.05) is 19.3 Å². The second-order valence-electron chi connectivity index (χ2n) is 3.40. The van der Waals surface area contributed by atoms with Crippen LogP contribution in [0.3, 0.4) is 0 Å². The molecule has 0 bridgehead atoms. The SMILES string of the molecule is PC1CCCCC1.[C-]1=CC=CC1.[CH2]=[Ti+2].[Cl-].[Cl-]. The Morgan fingerprint density at radius 1 is 1.12 bits per heavy atom. The van der Waals surface area contributed by atoms with E-state index in [0.717, 1.165) is 12.1 Å². The molecule has 0 aromatic rings. The Hall–Kier alpha value is 1.07. The molecule has 0 amide bonds. The number of halogens is 2. The molecule has 0 radical (unpaired) electrons. The van der Waals surface area contributed by atoms with E-state index in [4.69, 9.17) is 0 Å². The summed E-state index contributed by atoms with van der Waals surface area (Å²) >= 11 is 1.75. The summed E-state index contributed by atoms with van der Waals surface area (Å²) in [5.74, 6) is 0. The molecule has 4 heteroatoms. The first-order chi connectivity index (χ1) is 6.89. The normalized spacial score (nSPS) is 16.9. The van der Waals surface area contributed by atoms with E-state index in [0.29, 0.717) is 0 Å². The van der Waals surface area contributed by atoms with Crippen LogP contribution < -0.4 is 24.8 Å². The molecule has 0 aliphatic heterocycles. The molecule has 0 saturated heterocycles. The third-order valence-corrected chi connectivity index (χ3v) is 2.90. The summed E-state index contributed by atoms with van der Waals surface area (Å²) in [6, 6.07) is 0. The number of hydrogen-bond donors (Lipinski definition) is 0. The fourth-order valence-corrected chi connectivity index (χ4v) is 1.95. The molecule has 0 nitrogen and oxygen atoms in total. The third-order valence-electron chi connectivity index (χ3n) is 2.24. The molecule has 2 aliphatic rings. The van der Waals surface area contributed by atoms with Crippen LogP contribution in [0.2, 0.25) is 0 Å². The van der Waals surface area contributed by atoms with E-state index in [1.54, 1.807) is 20.0 Å². The van der Waals surface area contributed by atoms with Gasteiger partial charge in [-0.3, -0.25) is 6.08 Å². The van der Waals surface area contributed by atoms with Crippen molar-refractivity contribution in [3.63, 3.8) is 0 Å². The molecule has 2 rings (SSSR count). The van der Waals surface area contributed by atoms with E-state index in [1.807, 2.05) is 12.2 Å². The van der Waals surface area contributed by atoms with Crippen molar-refractivity contribution in [1.29, 1.82) is 0 Å². The third kappa shape index (κ3) is 15.1. The predicted octanol–water partition coefficient (Wildman–Crippen LogP) is -2.53. The van der Waals surface area contributed by atoms with Crippen LogP contribution in [-0.4, -0.2) is 10.5 Å². The zero-order valence-electron chi connectivity index (χ0n) is 9.59. The first kappa shape index (κ1) is 22.3. The topological polar surface area (TPSA) is 0 Å². The Labute approximate surface area is 127 Å². The minimum atomic E-state index is 0. The van der Waals surface area contributed by atoms with Crippen LogP contribution in [0, 0.1) is 6.08 Å². The van der Waals surface area contributed by atoms with Gasteiger partial charge < -0.3 is 24.8 Å². The molecule has 0 aromatic carbocycles. The average Bonchev–Trinajstić information content (AvgIpc) is 2.80. The first-order valence-corrected chi connectivity index (χ1v) is 6.99. The molecule has 0 heterocycles. The zero-order chi connectivity index (χ0) is 10.6. The van der Waals surface area contributed by atoms with E-state index in [2.05, 4.69) is 26.2 Å². The van der Waals surface area contributed by atoms with Crippen LogP contribution in [0.25, 0.3) is 0 Å². The van der Waals surface area contributed by atoms with Crippen LogP contribution in [0.15, 0.2) is 18.2 Å². The van der Waals surface area contributed by atoms with Crippen molar-refractivity contribution in [2.24, 2.45) is 0 Å². The summed E-state index contributed by atoms with van der Waals surface area (Å²) in [4.78, 5) is 3.25. The van der Waals surface area contributed by atoms with E-state index < -0.39 is 0 Å². The fraction of sp³-hybridized carbons (Fsp3) is 0.583. The van der Waals surface area contributed by atoms with E-state index in [9.17, 15) is 0 Å². The maximum Gasteiger partial charge on any atom is -1.00 e. The summed E-state index contributed by atoms with van der Waals surface area (Å²) in [5, 5.41) is 0. The second kappa shape index (κ2) is 18.4. The standard InChI is InChI=1S/C6H13P.C5H5.CH2.2ClH.Ti/c7-6-4-2-1-3-5-6;1-2-4-5-3-1;;;;/h6H,1-5,7H2;1-3H,4H2;1H2;2*1H;/q;-1;;;;+2/p-2. The molecular weight excluding hydrogens is 294 g/mol. The Bertz CT molecular complexity index is 168. The van der Waals surface area contributed by atoms with Crippen LogP contribution in [0.5, 0.6) is 0 Å². The van der Waals surface area contributed by atoms with Gasteiger partial charge in [0.25, 0.3) is 0 Å². The van der Waals surface area contributed by atoms with Crippen molar-refractivity contribution in [2.75, 3.05) is 0 Å². The first-order valence-electron chi connectivity index (χ1n) is 5.22. The molecule has 92 valence electrons. The van der Waals surface area contributed by atoms with Gasteiger partial charge in [-0.25, -0.2) is 12.2 Å². The monoisotopic (exact) mass is 313 g/mol. The van der Waals surface area contributed by atoms with Gasteiger partial charge in [0.15, 0.2) is 0 Å².